The highest BCUT2D eigenvalue weighted by Gasteiger charge is 2.17. The topological polar surface area (TPSA) is 0 Å². The van der Waals surface area contributed by atoms with E-state index in [9.17, 15) is 0 Å². The average Bonchev–Trinajstić information content (AvgIpc) is 2.92. The predicted octanol–water partition coefficient (Wildman–Crippen LogP) is 7.21. The summed E-state index contributed by atoms with van der Waals surface area (Å²) in [4.78, 5) is 0. The van der Waals surface area contributed by atoms with Crippen LogP contribution in [0, 0.1) is 27.7 Å². The Kier molecular flexibility index (Phi) is 4.07. The molecule has 0 atom stereocenters. The van der Waals surface area contributed by atoms with E-state index in [0.717, 1.165) is 6.42 Å². The number of hydrogen-bond donors (Lipinski definition) is 0. The highest BCUT2D eigenvalue weighted by Crippen LogP contribution is 2.38. The molecule has 4 rings (SSSR count). The maximum absolute atomic E-state index is 2.39. The molecule has 1 aliphatic rings. The van der Waals surface area contributed by atoms with Crippen LogP contribution in [0.25, 0.3) is 28.3 Å². The zero-order valence-corrected chi connectivity index (χ0v) is 16.4. The van der Waals surface area contributed by atoms with E-state index in [1.54, 1.807) is 0 Å². The van der Waals surface area contributed by atoms with Gasteiger partial charge in [0, 0.05) is 0 Å². The van der Waals surface area contributed by atoms with Gasteiger partial charge >= 0.3 is 0 Å². The van der Waals surface area contributed by atoms with Crippen LogP contribution in [-0.4, -0.2) is 0 Å². The lowest BCUT2D eigenvalue weighted by atomic mass is 9.90. The Morgan fingerprint density at radius 1 is 0.538 bits per heavy atom. The summed E-state index contributed by atoms with van der Waals surface area (Å²) >= 11 is 0. The van der Waals surface area contributed by atoms with Crippen molar-refractivity contribution in [2.24, 2.45) is 0 Å². The molecule has 0 aliphatic heterocycles. The summed E-state index contributed by atoms with van der Waals surface area (Å²) in [7, 11) is 0. The molecule has 0 heteroatoms. The smallest absolute Gasteiger partial charge is 0.00602 e. The lowest BCUT2D eigenvalue weighted by Crippen LogP contribution is -1.93. The molecular formula is C26H26. The second-order valence-corrected chi connectivity index (χ2v) is 8.02. The summed E-state index contributed by atoms with van der Waals surface area (Å²) in [6.45, 7) is 11.0. The molecule has 3 aromatic rings. The highest BCUT2D eigenvalue weighted by atomic mass is 14.2. The quantitative estimate of drug-likeness (QED) is 0.463. The normalized spacial score (nSPS) is 12.9. The third-order valence-corrected chi connectivity index (χ3v) is 5.21. The molecule has 0 aromatic heterocycles. The van der Waals surface area contributed by atoms with Crippen LogP contribution in [0.4, 0.5) is 0 Å². The van der Waals surface area contributed by atoms with Gasteiger partial charge in [0.25, 0.3) is 0 Å². The molecule has 0 saturated carbocycles. The molecule has 0 heterocycles. The molecule has 3 aromatic carbocycles. The minimum absolute atomic E-state index is 1.06. The number of benzene rings is 3. The number of fused-ring (bicyclic) bond motifs is 1. The van der Waals surface area contributed by atoms with Gasteiger partial charge in [0.2, 0.25) is 0 Å². The van der Waals surface area contributed by atoms with Crippen molar-refractivity contribution in [3.8, 4) is 22.3 Å². The van der Waals surface area contributed by atoms with Crippen LogP contribution in [0.3, 0.4) is 0 Å². The van der Waals surface area contributed by atoms with Crippen molar-refractivity contribution in [2.45, 2.75) is 41.0 Å². The Morgan fingerprint density at radius 2 is 1.04 bits per heavy atom. The molecule has 0 fully saturated rings. The maximum atomic E-state index is 2.39. The first kappa shape index (κ1) is 16.8. The summed E-state index contributed by atoms with van der Waals surface area (Å²) in [5, 5.41) is 0. The van der Waals surface area contributed by atoms with Crippen LogP contribution in [0.2, 0.25) is 0 Å². The molecule has 0 bridgehead atoms. The van der Waals surface area contributed by atoms with Gasteiger partial charge in [-0.1, -0.05) is 76.4 Å². The molecule has 0 saturated heterocycles. The lowest BCUT2D eigenvalue weighted by Gasteiger charge is -2.14. The van der Waals surface area contributed by atoms with E-state index in [4.69, 9.17) is 0 Å². The van der Waals surface area contributed by atoms with Gasteiger partial charge < -0.3 is 0 Å². The average molecular weight is 338 g/mol. The van der Waals surface area contributed by atoms with Crippen LogP contribution in [0.5, 0.6) is 0 Å². The fraction of sp³-hybridized carbons (Fsp3) is 0.231. The molecule has 1 aliphatic carbocycles. The fourth-order valence-electron chi connectivity index (χ4n) is 4.30. The second-order valence-electron chi connectivity index (χ2n) is 8.02. The van der Waals surface area contributed by atoms with E-state index in [1.165, 1.54) is 61.2 Å². The van der Waals surface area contributed by atoms with Crippen molar-refractivity contribution >= 4 is 6.08 Å². The zero-order valence-electron chi connectivity index (χ0n) is 16.4. The summed E-state index contributed by atoms with van der Waals surface area (Å²) < 4.78 is 0. The van der Waals surface area contributed by atoms with Gasteiger partial charge in [-0.3, -0.25) is 0 Å². The standard InChI is InChI=1S/C26H26/c1-16-6-17(2)9-21(8-16)22-14-24-12-20(5)13-25(24)26(15-22)23-10-18(3)7-19(4)11-23/h6-11,13-15H,12H2,1-5H3. The first-order valence-corrected chi connectivity index (χ1v) is 9.40. The van der Waals surface area contributed by atoms with E-state index in [1.807, 2.05) is 0 Å². The number of hydrogen-bond acceptors (Lipinski definition) is 0. The van der Waals surface area contributed by atoms with E-state index in [2.05, 4.69) is 89.2 Å². The molecule has 0 nitrogen and oxygen atoms in total. The molecule has 0 radical (unpaired) electrons. The minimum Gasteiger partial charge on any atom is -0.0683 e. The predicted molar refractivity (Wildman–Crippen MR) is 114 cm³/mol. The molecule has 0 N–H and O–H groups in total. The Labute approximate surface area is 157 Å². The third-order valence-electron chi connectivity index (χ3n) is 5.21. The molecule has 130 valence electrons. The van der Waals surface area contributed by atoms with Gasteiger partial charge in [0.15, 0.2) is 0 Å². The second kappa shape index (κ2) is 6.29. The van der Waals surface area contributed by atoms with Crippen molar-refractivity contribution in [3.63, 3.8) is 0 Å². The largest absolute Gasteiger partial charge is 0.0683 e. The minimum atomic E-state index is 1.06. The van der Waals surface area contributed by atoms with Crippen LogP contribution >= 0.6 is 0 Å². The van der Waals surface area contributed by atoms with Crippen LogP contribution < -0.4 is 0 Å². The monoisotopic (exact) mass is 338 g/mol. The number of allylic oxidation sites excluding steroid dienone is 1. The van der Waals surface area contributed by atoms with Gasteiger partial charge in [0.05, 0.1) is 0 Å². The van der Waals surface area contributed by atoms with Gasteiger partial charge in [-0.15, -0.1) is 0 Å². The van der Waals surface area contributed by atoms with E-state index < -0.39 is 0 Å². The lowest BCUT2D eigenvalue weighted by molar-refractivity contribution is 1.20. The highest BCUT2D eigenvalue weighted by molar-refractivity contribution is 5.85. The SMILES string of the molecule is CC1=Cc2c(cc(-c3cc(C)cc(C)c3)cc2-c2cc(C)cc(C)c2)C1. The fourth-order valence-corrected chi connectivity index (χ4v) is 4.30. The van der Waals surface area contributed by atoms with Crippen molar-refractivity contribution < 1.29 is 0 Å². The summed E-state index contributed by atoms with van der Waals surface area (Å²) in [5.41, 5.74) is 14.9. The maximum Gasteiger partial charge on any atom is -0.00602 e. The Morgan fingerprint density at radius 3 is 1.62 bits per heavy atom. The van der Waals surface area contributed by atoms with Gasteiger partial charge in [-0.05, 0) is 80.5 Å². The summed E-state index contributed by atoms with van der Waals surface area (Å²) in [5.74, 6) is 0. The number of rotatable bonds is 2. The summed E-state index contributed by atoms with van der Waals surface area (Å²) in [6, 6.07) is 18.5. The van der Waals surface area contributed by atoms with Crippen molar-refractivity contribution in [1.29, 1.82) is 0 Å². The van der Waals surface area contributed by atoms with Gasteiger partial charge in [-0.25, -0.2) is 0 Å². The molecule has 26 heavy (non-hydrogen) atoms. The van der Waals surface area contributed by atoms with Crippen molar-refractivity contribution in [3.05, 3.63) is 87.5 Å². The van der Waals surface area contributed by atoms with E-state index in [0.29, 0.717) is 0 Å². The van der Waals surface area contributed by atoms with Crippen molar-refractivity contribution in [1.82, 2.24) is 0 Å². The van der Waals surface area contributed by atoms with Crippen molar-refractivity contribution in [2.75, 3.05) is 0 Å². The summed E-state index contributed by atoms with van der Waals surface area (Å²) in [6.07, 6.45) is 3.43. The Bertz CT molecular complexity index is 1010. The number of aryl methyl sites for hydroxylation is 4. The zero-order chi connectivity index (χ0) is 18.4. The van der Waals surface area contributed by atoms with Gasteiger partial charge in [0.1, 0.15) is 0 Å². The molecule has 0 spiro atoms. The first-order chi connectivity index (χ1) is 12.4. The van der Waals surface area contributed by atoms with Crippen LogP contribution in [-0.2, 0) is 6.42 Å². The molecule has 0 amide bonds. The Balaban J connectivity index is 1.96. The first-order valence-electron chi connectivity index (χ1n) is 9.40. The third kappa shape index (κ3) is 3.12. The van der Waals surface area contributed by atoms with Gasteiger partial charge in [-0.2, -0.15) is 0 Å². The van der Waals surface area contributed by atoms with Crippen LogP contribution in [0.15, 0.2) is 54.1 Å². The molecule has 0 unspecified atom stereocenters. The van der Waals surface area contributed by atoms with Crippen LogP contribution in [0.1, 0.15) is 40.3 Å². The molecular weight excluding hydrogens is 312 g/mol. The Hall–Kier alpha value is -2.60. The van der Waals surface area contributed by atoms with E-state index >= 15 is 0 Å². The van der Waals surface area contributed by atoms with E-state index in [-0.39, 0.29) is 0 Å².